The Labute approximate surface area is 105 Å². The summed E-state index contributed by atoms with van der Waals surface area (Å²) in [7, 11) is 0. The second-order valence-electron chi connectivity index (χ2n) is 4.32. The molecule has 2 heterocycles. The topological polar surface area (TPSA) is 42.4 Å². The normalized spacial score (nSPS) is 15.9. The number of aromatic nitrogens is 1. The summed E-state index contributed by atoms with van der Waals surface area (Å²) in [5, 5.41) is 0.997. The van der Waals surface area contributed by atoms with Gasteiger partial charge in [0.05, 0.1) is 18.7 Å². The third-order valence-corrected chi connectivity index (χ3v) is 3.15. The van der Waals surface area contributed by atoms with Gasteiger partial charge in [-0.25, -0.2) is 0 Å². The van der Waals surface area contributed by atoms with Crippen molar-refractivity contribution in [3.8, 4) is 0 Å². The number of fused-ring (bicyclic) bond motifs is 1. The largest absolute Gasteiger partial charge is 0.378 e. The predicted molar refractivity (Wildman–Crippen MR) is 68.5 cm³/mol. The Kier molecular flexibility index (Phi) is 2.94. The molecular formula is C14H14N2O2. The van der Waals surface area contributed by atoms with Gasteiger partial charge in [0.25, 0.3) is 5.91 Å². The summed E-state index contributed by atoms with van der Waals surface area (Å²) in [6, 6.07) is 9.49. The van der Waals surface area contributed by atoms with Crippen LogP contribution in [0.3, 0.4) is 0 Å². The number of carbonyl (C=O) groups excluding carboxylic acids is 1. The second kappa shape index (κ2) is 4.74. The van der Waals surface area contributed by atoms with Crippen LogP contribution >= 0.6 is 0 Å². The van der Waals surface area contributed by atoms with Crippen molar-refractivity contribution in [1.29, 1.82) is 0 Å². The number of hydrogen-bond donors (Lipinski definition) is 0. The van der Waals surface area contributed by atoms with E-state index < -0.39 is 0 Å². The Balaban J connectivity index is 1.91. The Morgan fingerprint density at radius 2 is 2.06 bits per heavy atom. The molecule has 4 heteroatoms. The molecule has 1 aliphatic heterocycles. The Morgan fingerprint density at radius 1 is 1.22 bits per heavy atom. The molecule has 0 radical (unpaired) electrons. The van der Waals surface area contributed by atoms with E-state index in [4.69, 9.17) is 4.74 Å². The van der Waals surface area contributed by atoms with E-state index in [2.05, 4.69) is 4.98 Å². The lowest BCUT2D eigenvalue weighted by molar-refractivity contribution is 0.0303. The number of benzene rings is 1. The van der Waals surface area contributed by atoms with E-state index in [-0.39, 0.29) is 5.91 Å². The molecule has 1 saturated heterocycles. The van der Waals surface area contributed by atoms with Crippen LogP contribution in [-0.4, -0.2) is 42.1 Å². The van der Waals surface area contributed by atoms with Crippen LogP contribution in [0.5, 0.6) is 0 Å². The first kappa shape index (κ1) is 11.2. The maximum Gasteiger partial charge on any atom is 0.254 e. The zero-order valence-electron chi connectivity index (χ0n) is 10.0. The number of hydrogen-bond acceptors (Lipinski definition) is 3. The molecule has 92 valence electrons. The SMILES string of the molecule is O=C(c1ccc2ncccc2c1)N1CCOCC1. The maximum atomic E-state index is 12.3. The molecule has 0 N–H and O–H groups in total. The molecule has 1 aromatic heterocycles. The zero-order valence-corrected chi connectivity index (χ0v) is 10.0. The van der Waals surface area contributed by atoms with Crippen LogP contribution in [0.4, 0.5) is 0 Å². The molecule has 18 heavy (non-hydrogen) atoms. The molecule has 4 nitrogen and oxygen atoms in total. The van der Waals surface area contributed by atoms with Gasteiger partial charge in [0, 0.05) is 30.2 Å². The smallest absolute Gasteiger partial charge is 0.254 e. The molecule has 0 unspecified atom stereocenters. The minimum atomic E-state index is 0.0732. The van der Waals surface area contributed by atoms with Crippen LogP contribution < -0.4 is 0 Å². The highest BCUT2D eigenvalue weighted by Gasteiger charge is 2.18. The van der Waals surface area contributed by atoms with Crippen molar-refractivity contribution in [3.05, 3.63) is 42.1 Å². The van der Waals surface area contributed by atoms with Gasteiger partial charge in [-0.3, -0.25) is 9.78 Å². The van der Waals surface area contributed by atoms with Gasteiger partial charge in [0.2, 0.25) is 0 Å². The number of morpholine rings is 1. The van der Waals surface area contributed by atoms with Crippen molar-refractivity contribution in [3.63, 3.8) is 0 Å². The Hall–Kier alpha value is -1.94. The quantitative estimate of drug-likeness (QED) is 0.764. The highest BCUT2D eigenvalue weighted by molar-refractivity contribution is 5.97. The van der Waals surface area contributed by atoms with E-state index in [1.54, 1.807) is 6.20 Å². The van der Waals surface area contributed by atoms with Crippen molar-refractivity contribution in [2.24, 2.45) is 0 Å². The molecule has 0 saturated carbocycles. The molecule has 3 rings (SSSR count). The minimum absolute atomic E-state index is 0.0732. The first-order valence-electron chi connectivity index (χ1n) is 6.06. The lowest BCUT2D eigenvalue weighted by atomic mass is 10.1. The molecular weight excluding hydrogens is 228 g/mol. The van der Waals surface area contributed by atoms with Crippen LogP contribution in [0.15, 0.2) is 36.5 Å². The molecule has 1 amide bonds. The fourth-order valence-electron chi connectivity index (χ4n) is 2.16. The summed E-state index contributed by atoms with van der Waals surface area (Å²) in [5.41, 5.74) is 1.63. The minimum Gasteiger partial charge on any atom is -0.378 e. The van der Waals surface area contributed by atoms with E-state index in [0.29, 0.717) is 26.3 Å². The lowest BCUT2D eigenvalue weighted by Crippen LogP contribution is -2.40. The highest BCUT2D eigenvalue weighted by atomic mass is 16.5. The van der Waals surface area contributed by atoms with Gasteiger partial charge in [0.1, 0.15) is 0 Å². The van der Waals surface area contributed by atoms with Crippen LogP contribution in [0, 0.1) is 0 Å². The maximum absolute atomic E-state index is 12.3. The van der Waals surface area contributed by atoms with Crippen molar-refractivity contribution >= 4 is 16.8 Å². The summed E-state index contributed by atoms with van der Waals surface area (Å²) in [6.07, 6.45) is 1.76. The van der Waals surface area contributed by atoms with Crippen molar-refractivity contribution in [2.75, 3.05) is 26.3 Å². The van der Waals surface area contributed by atoms with Crippen LogP contribution in [0.25, 0.3) is 10.9 Å². The third kappa shape index (κ3) is 2.07. The first-order valence-corrected chi connectivity index (χ1v) is 6.06. The number of amides is 1. The average Bonchev–Trinajstić information content (AvgIpc) is 2.47. The monoisotopic (exact) mass is 242 g/mol. The van der Waals surface area contributed by atoms with Crippen LogP contribution in [-0.2, 0) is 4.74 Å². The van der Waals surface area contributed by atoms with Crippen LogP contribution in [0.2, 0.25) is 0 Å². The summed E-state index contributed by atoms with van der Waals surface area (Å²) in [6.45, 7) is 2.59. The number of nitrogens with zero attached hydrogens (tertiary/aromatic N) is 2. The van der Waals surface area contributed by atoms with Crippen molar-refractivity contribution < 1.29 is 9.53 Å². The first-order chi connectivity index (χ1) is 8.84. The fraction of sp³-hybridized carbons (Fsp3) is 0.286. The third-order valence-electron chi connectivity index (χ3n) is 3.15. The van der Waals surface area contributed by atoms with Crippen LogP contribution in [0.1, 0.15) is 10.4 Å². The number of rotatable bonds is 1. The van der Waals surface area contributed by atoms with Gasteiger partial charge < -0.3 is 9.64 Å². The van der Waals surface area contributed by atoms with E-state index in [9.17, 15) is 4.79 Å². The second-order valence-corrected chi connectivity index (χ2v) is 4.32. The fourth-order valence-corrected chi connectivity index (χ4v) is 2.16. The van der Waals surface area contributed by atoms with Crippen molar-refractivity contribution in [2.45, 2.75) is 0 Å². The summed E-state index contributed by atoms with van der Waals surface area (Å²) < 4.78 is 5.25. The zero-order chi connectivity index (χ0) is 12.4. The van der Waals surface area contributed by atoms with E-state index >= 15 is 0 Å². The van der Waals surface area contributed by atoms with Gasteiger partial charge in [-0.1, -0.05) is 6.07 Å². The highest BCUT2D eigenvalue weighted by Crippen LogP contribution is 2.15. The standard InChI is InChI=1S/C14H14N2O2/c17-14(16-6-8-18-9-7-16)12-3-4-13-11(10-12)2-1-5-15-13/h1-5,10H,6-9H2. The molecule has 0 atom stereocenters. The predicted octanol–water partition coefficient (Wildman–Crippen LogP) is 1.71. The molecule has 2 aromatic rings. The summed E-state index contributed by atoms with van der Waals surface area (Å²) in [5.74, 6) is 0.0732. The van der Waals surface area contributed by atoms with Gasteiger partial charge in [-0.05, 0) is 24.3 Å². The van der Waals surface area contributed by atoms with Gasteiger partial charge in [-0.2, -0.15) is 0 Å². The molecule has 0 aliphatic carbocycles. The van der Waals surface area contributed by atoms with E-state index in [1.165, 1.54) is 0 Å². The van der Waals surface area contributed by atoms with Gasteiger partial charge >= 0.3 is 0 Å². The molecule has 1 aromatic carbocycles. The Bertz CT molecular complexity index is 577. The van der Waals surface area contributed by atoms with Crippen molar-refractivity contribution in [1.82, 2.24) is 9.88 Å². The van der Waals surface area contributed by atoms with E-state index in [0.717, 1.165) is 16.5 Å². The summed E-state index contributed by atoms with van der Waals surface area (Å²) >= 11 is 0. The van der Waals surface area contributed by atoms with E-state index in [1.807, 2.05) is 35.2 Å². The average molecular weight is 242 g/mol. The molecule has 0 bridgehead atoms. The number of carbonyl (C=O) groups is 1. The lowest BCUT2D eigenvalue weighted by Gasteiger charge is -2.26. The molecule has 1 fully saturated rings. The van der Waals surface area contributed by atoms with Gasteiger partial charge in [-0.15, -0.1) is 0 Å². The number of pyridine rings is 1. The Morgan fingerprint density at radius 3 is 2.89 bits per heavy atom. The summed E-state index contributed by atoms with van der Waals surface area (Å²) in [4.78, 5) is 18.4. The van der Waals surface area contributed by atoms with Gasteiger partial charge in [0.15, 0.2) is 0 Å². The molecule has 0 spiro atoms. The number of ether oxygens (including phenoxy) is 1. The molecule has 1 aliphatic rings.